The van der Waals surface area contributed by atoms with Gasteiger partial charge in [-0.2, -0.15) is 0 Å². The van der Waals surface area contributed by atoms with Crippen LogP contribution in [-0.2, 0) is 0 Å². The van der Waals surface area contributed by atoms with Crippen molar-refractivity contribution in [2.45, 2.75) is 18.9 Å². The molecule has 0 spiro atoms. The largest absolute Gasteiger partial charge is 0.388 e. The Morgan fingerprint density at radius 1 is 1.04 bits per heavy atom. The second-order valence-electron chi connectivity index (χ2n) is 5.90. The van der Waals surface area contributed by atoms with Crippen LogP contribution in [-0.4, -0.2) is 43.5 Å². The Morgan fingerprint density at radius 2 is 1.83 bits per heavy atom. The summed E-state index contributed by atoms with van der Waals surface area (Å²) in [5.41, 5.74) is 1.64. The number of tetrazole rings is 1. The molecular weight excluding hydrogens is 292 g/mol. The molecule has 0 bridgehead atoms. The van der Waals surface area contributed by atoms with E-state index < -0.39 is 6.10 Å². The van der Waals surface area contributed by atoms with Crippen molar-refractivity contribution in [1.82, 2.24) is 25.3 Å². The average Bonchev–Trinajstić information content (AvgIpc) is 3.10. The molecule has 3 aromatic rings. The Morgan fingerprint density at radius 3 is 2.61 bits per heavy atom. The van der Waals surface area contributed by atoms with Crippen molar-refractivity contribution in [3.63, 3.8) is 0 Å². The molecule has 7 heteroatoms. The van der Waals surface area contributed by atoms with Gasteiger partial charge in [-0.25, -0.2) is 0 Å². The van der Waals surface area contributed by atoms with Crippen molar-refractivity contribution in [2.24, 2.45) is 5.92 Å². The van der Waals surface area contributed by atoms with Crippen LogP contribution in [0, 0.1) is 5.92 Å². The normalized spacial score (nSPS) is 17.5. The van der Waals surface area contributed by atoms with Crippen LogP contribution in [0.2, 0.25) is 0 Å². The van der Waals surface area contributed by atoms with Crippen molar-refractivity contribution >= 4 is 11.5 Å². The number of aliphatic hydroxyl groups excluding tert-OH is 1. The third kappa shape index (κ3) is 2.75. The number of hydrogen-bond acceptors (Lipinski definition) is 6. The van der Waals surface area contributed by atoms with E-state index in [1.165, 1.54) is 4.63 Å². The van der Waals surface area contributed by atoms with Crippen LogP contribution < -0.4 is 4.90 Å². The van der Waals surface area contributed by atoms with Gasteiger partial charge in [0.25, 0.3) is 0 Å². The molecule has 2 aromatic heterocycles. The lowest BCUT2D eigenvalue weighted by molar-refractivity contribution is 0.0928. The zero-order chi connectivity index (χ0) is 15.6. The number of nitrogens with zero attached hydrogens (tertiary/aromatic N) is 6. The Hall–Kier alpha value is -2.54. The first kappa shape index (κ1) is 14.1. The number of piperidine rings is 1. The van der Waals surface area contributed by atoms with Crippen molar-refractivity contribution in [2.75, 3.05) is 18.0 Å². The maximum Gasteiger partial charge on any atom is 0.200 e. The Bertz CT molecular complexity index is 781. The molecule has 7 nitrogen and oxygen atoms in total. The van der Waals surface area contributed by atoms with Gasteiger partial charge in [0, 0.05) is 13.1 Å². The van der Waals surface area contributed by atoms with Gasteiger partial charge in [0.05, 0.1) is 6.10 Å². The van der Waals surface area contributed by atoms with Crippen molar-refractivity contribution in [3.8, 4) is 0 Å². The number of anilines is 1. The highest BCUT2D eigenvalue weighted by atomic mass is 16.3. The molecule has 4 rings (SSSR count). The van der Waals surface area contributed by atoms with E-state index in [1.807, 2.05) is 42.5 Å². The highest BCUT2D eigenvalue weighted by Gasteiger charge is 2.26. The predicted octanol–water partition coefficient (Wildman–Crippen LogP) is 1.47. The summed E-state index contributed by atoms with van der Waals surface area (Å²) in [7, 11) is 0. The van der Waals surface area contributed by atoms with Gasteiger partial charge in [0.15, 0.2) is 11.5 Å². The number of aliphatic hydroxyl groups is 1. The second-order valence-corrected chi connectivity index (χ2v) is 5.90. The van der Waals surface area contributed by atoms with Crippen LogP contribution in [0.1, 0.15) is 24.5 Å². The van der Waals surface area contributed by atoms with E-state index >= 15 is 0 Å². The van der Waals surface area contributed by atoms with Crippen molar-refractivity contribution in [1.29, 1.82) is 0 Å². The second kappa shape index (κ2) is 5.92. The topological polar surface area (TPSA) is 79.4 Å². The van der Waals surface area contributed by atoms with Gasteiger partial charge in [-0.3, -0.25) is 0 Å². The molecule has 1 fully saturated rings. The maximum absolute atomic E-state index is 10.6. The zero-order valence-electron chi connectivity index (χ0n) is 12.7. The van der Waals surface area contributed by atoms with Crippen LogP contribution in [0.3, 0.4) is 0 Å². The summed E-state index contributed by atoms with van der Waals surface area (Å²) < 4.78 is 1.44. The standard InChI is InChI=1S/C16H18N6O/c23-16(12-4-2-1-3-5-12)13-8-10-21(11-9-13)15-7-6-14-17-19-20-22(14)18-15/h1-7,13,16,23H,8-11H2. The molecule has 0 saturated carbocycles. The van der Waals surface area contributed by atoms with Crippen LogP contribution in [0.25, 0.3) is 5.65 Å². The smallest absolute Gasteiger partial charge is 0.200 e. The van der Waals surface area contributed by atoms with Gasteiger partial charge in [0.1, 0.15) is 0 Å². The molecule has 0 radical (unpaired) electrons. The molecule has 1 aliphatic rings. The SMILES string of the molecule is OC(c1ccccc1)C1CCN(c2ccc3nnnn3n2)CC1. The molecule has 3 heterocycles. The van der Waals surface area contributed by atoms with Crippen molar-refractivity contribution < 1.29 is 5.11 Å². The zero-order valence-corrected chi connectivity index (χ0v) is 12.7. The Kier molecular flexibility index (Phi) is 3.63. The predicted molar refractivity (Wildman–Crippen MR) is 84.9 cm³/mol. The third-order valence-electron chi connectivity index (χ3n) is 4.51. The molecule has 0 amide bonds. The van der Waals surface area contributed by atoms with Gasteiger partial charge < -0.3 is 10.0 Å². The lowest BCUT2D eigenvalue weighted by Gasteiger charge is -2.34. The number of benzene rings is 1. The molecule has 1 N–H and O–H groups in total. The van der Waals surface area contributed by atoms with Crippen LogP contribution in [0.15, 0.2) is 42.5 Å². The molecule has 118 valence electrons. The van der Waals surface area contributed by atoms with Gasteiger partial charge in [-0.15, -0.1) is 14.8 Å². The van der Waals surface area contributed by atoms with Crippen LogP contribution >= 0.6 is 0 Å². The molecule has 0 aliphatic carbocycles. The van der Waals surface area contributed by atoms with Gasteiger partial charge in [-0.1, -0.05) is 30.3 Å². The number of aromatic nitrogens is 5. The number of rotatable bonds is 3. The highest BCUT2D eigenvalue weighted by molar-refractivity contribution is 5.44. The molecule has 1 unspecified atom stereocenters. The monoisotopic (exact) mass is 310 g/mol. The summed E-state index contributed by atoms with van der Waals surface area (Å²) in [4.78, 5) is 2.22. The Labute approximate surface area is 133 Å². The minimum atomic E-state index is -0.395. The third-order valence-corrected chi connectivity index (χ3v) is 4.51. The maximum atomic E-state index is 10.6. The molecule has 1 aromatic carbocycles. The van der Waals surface area contributed by atoms with Crippen LogP contribution in [0.4, 0.5) is 5.82 Å². The lowest BCUT2D eigenvalue weighted by Crippen LogP contribution is -2.36. The summed E-state index contributed by atoms with van der Waals surface area (Å²) in [5, 5.41) is 26.3. The fraction of sp³-hybridized carbons (Fsp3) is 0.375. The fourth-order valence-electron chi connectivity index (χ4n) is 3.18. The van der Waals surface area contributed by atoms with Crippen LogP contribution in [0.5, 0.6) is 0 Å². The van der Waals surface area contributed by atoms with E-state index in [0.717, 1.165) is 37.3 Å². The first-order valence-corrected chi connectivity index (χ1v) is 7.84. The van der Waals surface area contributed by atoms with Gasteiger partial charge in [0.2, 0.25) is 0 Å². The fourth-order valence-corrected chi connectivity index (χ4v) is 3.18. The minimum Gasteiger partial charge on any atom is -0.388 e. The first-order chi connectivity index (χ1) is 11.3. The van der Waals surface area contributed by atoms with E-state index in [2.05, 4.69) is 25.5 Å². The highest BCUT2D eigenvalue weighted by Crippen LogP contribution is 2.31. The first-order valence-electron chi connectivity index (χ1n) is 7.84. The number of hydrogen-bond donors (Lipinski definition) is 1. The van der Waals surface area contributed by atoms with Gasteiger partial charge in [-0.05, 0) is 46.9 Å². The minimum absolute atomic E-state index is 0.283. The van der Waals surface area contributed by atoms with E-state index in [0.29, 0.717) is 5.65 Å². The summed E-state index contributed by atoms with van der Waals surface area (Å²) in [6, 6.07) is 13.7. The molecular formula is C16H18N6O. The quantitative estimate of drug-likeness (QED) is 0.789. The summed E-state index contributed by atoms with van der Waals surface area (Å²) in [5.74, 6) is 1.16. The van der Waals surface area contributed by atoms with Gasteiger partial charge >= 0.3 is 0 Å². The van der Waals surface area contributed by atoms with E-state index in [4.69, 9.17) is 0 Å². The number of fused-ring (bicyclic) bond motifs is 1. The molecule has 23 heavy (non-hydrogen) atoms. The van der Waals surface area contributed by atoms with Crippen molar-refractivity contribution in [3.05, 3.63) is 48.0 Å². The average molecular weight is 310 g/mol. The summed E-state index contributed by atoms with van der Waals surface area (Å²) in [6.07, 6.45) is 1.48. The van der Waals surface area contributed by atoms with E-state index in [1.54, 1.807) is 0 Å². The summed E-state index contributed by atoms with van der Waals surface area (Å²) in [6.45, 7) is 1.74. The van der Waals surface area contributed by atoms with E-state index in [9.17, 15) is 5.11 Å². The molecule has 1 atom stereocenters. The molecule has 1 aliphatic heterocycles. The molecule has 1 saturated heterocycles. The Balaban J connectivity index is 1.44. The lowest BCUT2D eigenvalue weighted by atomic mass is 9.87. The van der Waals surface area contributed by atoms with E-state index in [-0.39, 0.29) is 5.92 Å². The summed E-state index contributed by atoms with van der Waals surface area (Å²) >= 11 is 0.